The summed E-state index contributed by atoms with van der Waals surface area (Å²) in [5, 5.41) is 7.06. The molecule has 7 nitrogen and oxygen atoms in total. The van der Waals surface area contributed by atoms with Crippen molar-refractivity contribution in [3.05, 3.63) is 11.6 Å². The molecule has 0 aromatic heterocycles. The Labute approximate surface area is 223 Å². The number of likely N-dealkylation sites (N-methyl/N-ethyl adjacent to an activating group) is 1. The van der Waals surface area contributed by atoms with Crippen LogP contribution in [0, 0.1) is 34.5 Å². The van der Waals surface area contributed by atoms with Gasteiger partial charge in [0.15, 0.2) is 5.78 Å². The van der Waals surface area contributed by atoms with E-state index >= 15 is 0 Å². The molecule has 0 aromatic carbocycles. The number of fused-ring (bicyclic) bond motifs is 5. The quantitative estimate of drug-likeness (QED) is 0.184. The predicted octanol–water partition coefficient (Wildman–Crippen LogP) is 5.70. The molecule has 0 radical (unpaired) electrons. The number of allylic oxidation sites excluding steroid dienone is 1. The lowest BCUT2D eigenvalue weighted by molar-refractivity contribution is -0.323. The van der Waals surface area contributed by atoms with E-state index in [4.69, 9.17) is 4.84 Å². The minimum atomic E-state index is -4.64. The highest BCUT2D eigenvalue weighted by Gasteiger charge is 2.59. The molecule has 0 spiro atoms. The number of halogens is 3. The topological polar surface area (TPSA) is 80.2 Å². The third kappa shape index (κ3) is 5.96. The van der Waals surface area contributed by atoms with Gasteiger partial charge in [-0.15, -0.1) is 13.2 Å². The number of rotatable bonds is 8. The van der Waals surface area contributed by atoms with E-state index in [0.29, 0.717) is 30.7 Å². The molecule has 0 aromatic rings. The Kier molecular flexibility index (Phi) is 8.62. The predicted molar refractivity (Wildman–Crippen MR) is 137 cm³/mol. The summed E-state index contributed by atoms with van der Waals surface area (Å²) in [6.45, 7) is 6.86. The minimum Gasteiger partial charge on any atom is -0.313 e. The zero-order valence-electron chi connectivity index (χ0n) is 23.0. The number of hydrogen-bond donors (Lipinski definition) is 1. The van der Waals surface area contributed by atoms with E-state index in [0.717, 1.165) is 50.7 Å². The summed E-state index contributed by atoms with van der Waals surface area (Å²) < 4.78 is 39.7. The van der Waals surface area contributed by atoms with Crippen LogP contribution in [0.3, 0.4) is 0 Å². The van der Waals surface area contributed by atoms with Crippen LogP contribution in [0.25, 0.3) is 0 Å². The van der Waals surface area contributed by atoms with Crippen LogP contribution in [0.4, 0.5) is 18.0 Å². The molecule has 10 heteroatoms. The molecule has 0 bridgehead atoms. The van der Waals surface area contributed by atoms with E-state index in [-0.39, 0.29) is 35.6 Å². The van der Waals surface area contributed by atoms with Crippen LogP contribution >= 0.6 is 0 Å². The number of carbonyl (C=O) groups excluding carboxylic acids is 2. The van der Waals surface area contributed by atoms with Crippen LogP contribution in [0.5, 0.6) is 0 Å². The second-order valence-electron chi connectivity index (χ2n) is 12.2. The molecule has 6 atom stereocenters. The first-order valence-corrected chi connectivity index (χ1v) is 14.0. The Bertz CT molecular complexity index is 967. The van der Waals surface area contributed by atoms with Gasteiger partial charge in [-0.05, 0) is 86.5 Å². The maximum Gasteiger partial charge on any atom is 0.522 e. The number of nitrogens with zero attached hydrogens (tertiary/aromatic N) is 2. The summed E-state index contributed by atoms with van der Waals surface area (Å²) in [4.78, 5) is 31.1. The fourth-order valence-electron chi connectivity index (χ4n) is 8.19. The van der Waals surface area contributed by atoms with E-state index in [9.17, 15) is 22.8 Å². The number of nitrogens with one attached hydrogen (secondary N) is 1. The summed E-state index contributed by atoms with van der Waals surface area (Å²) in [5.41, 5.74) is 2.51. The standard InChI is InChI=1S/C28H42F3N3O4/c1-18(33-38-25(36)34(4)15-13-32-14-16-37-28(29,30)31)22-7-8-23-21-6-5-19-17-20(35)9-11-26(19,2)24(21)10-12-27(22,23)3/h17,21-24,32H,5-16H2,1-4H3/b33-18+/t21-,22+,23-,24-,26-,27+/m0/s1. The molecule has 1 amide bonds. The van der Waals surface area contributed by atoms with Crippen molar-refractivity contribution in [2.45, 2.75) is 78.5 Å². The SMILES string of the molecule is C/C(=N\OC(=O)N(C)CCNCCOC(F)(F)F)[C@H]1CC[C@H]2[C@@H]3CCC4=CC(=O)CC[C@]4(C)[C@H]3CC[C@]12C. The van der Waals surface area contributed by atoms with Crippen molar-refractivity contribution in [2.75, 3.05) is 33.3 Å². The maximum atomic E-state index is 12.4. The summed E-state index contributed by atoms with van der Waals surface area (Å²) in [6.07, 6.45) is 5.02. The maximum absolute atomic E-state index is 12.4. The highest BCUT2D eigenvalue weighted by atomic mass is 19.4. The van der Waals surface area contributed by atoms with Gasteiger partial charge in [-0.25, -0.2) is 4.79 Å². The third-order valence-electron chi connectivity index (χ3n) is 10.2. The molecule has 3 saturated carbocycles. The number of ether oxygens (including phenoxy) is 1. The highest BCUT2D eigenvalue weighted by molar-refractivity contribution is 5.91. The minimum absolute atomic E-state index is 0.0256. The Morgan fingerprint density at radius 2 is 1.89 bits per heavy atom. The van der Waals surface area contributed by atoms with Crippen molar-refractivity contribution in [1.82, 2.24) is 10.2 Å². The van der Waals surface area contributed by atoms with Crippen LogP contribution in [0.15, 0.2) is 16.8 Å². The van der Waals surface area contributed by atoms with E-state index < -0.39 is 19.1 Å². The molecule has 0 aliphatic heterocycles. The molecule has 4 aliphatic rings. The van der Waals surface area contributed by atoms with Crippen LogP contribution in [0.1, 0.15) is 72.1 Å². The van der Waals surface area contributed by atoms with Crippen molar-refractivity contribution >= 4 is 17.6 Å². The second-order valence-corrected chi connectivity index (χ2v) is 12.2. The van der Waals surface area contributed by atoms with Gasteiger partial charge in [0.1, 0.15) is 0 Å². The first-order valence-electron chi connectivity index (χ1n) is 14.0. The first-order chi connectivity index (χ1) is 17.8. The molecule has 4 rings (SSSR count). The Morgan fingerprint density at radius 1 is 1.13 bits per heavy atom. The molecule has 38 heavy (non-hydrogen) atoms. The lowest BCUT2D eigenvalue weighted by Crippen LogP contribution is -2.51. The smallest absolute Gasteiger partial charge is 0.313 e. The number of carbonyl (C=O) groups is 2. The molecular weight excluding hydrogens is 499 g/mol. The van der Waals surface area contributed by atoms with E-state index in [1.807, 2.05) is 13.0 Å². The third-order valence-corrected chi connectivity index (χ3v) is 10.2. The average molecular weight is 542 g/mol. The van der Waals surface area contributed by atoms with E-state index in [1.165, 1.54) is 10.5 Å². The number of alkyl halides is 3. The van der Waals surface area contributed by atoms with Gasteiger partial charge in [-0.2, -0.15) is 0 Å². The molecular formula is C28H42F3N3O4. The van der Waals surface area contributed by atoms with Gasteiger partial charge in [0.25, 0.3) is 0 Å². The second kappa shape index (κ2) is 11.3. The van der Waals surface area contributed by atoms with Crippen molar-refractivity contribution in [3.8, 4) is 0 Å². The van der Waals surface area contributed by atoms with Crippen molar-refractivity contribution in [1.29, 1.82) is 0 Å². The van der Waals surface area contributed by atoms with Crippen LogP contribution in [-0.4, -0.2) is 62.1 Å². The largest absolute Gasteiger partial charge is 0.522 e. The molecule has 0 unspecified atom stereocenters. The zero-order valence-corrected chi connectivity index (χ0v) is 23.0. The Morgan fingerprint density at radius 3 is 2.63 bits per heavy atom. The highest BCUT2D eigenvalue weighted by Crippen LogP contribution is 2.66. The van der Waals surface area contributed by atoms with E-state index in [1.54, 1.807) is 7.05 Å². The fourth-order valence-corrected chi connectivity index (χ4v) is 8.19. The van der Waals surface area contributed by atoms with Gasteiger partial charge in [0.05, 0.1) is 12.3 Å². The normalized spacial score (nSPS) is 35.2. The molecule has 4 aliphatic carbocycles. The number of amides is 1. The Hall–Kier alpha value is -1.94. The molecule has 0 heterocycles. The van der Waals surface area contributed by atoms with Crippen LogP contribution in [-0.2, 0) is 14.4 Å². The molecule has 3 fully saturated rings. The van der Waals surface area contributed by atoms with Crippen molar-refractivity contribution in [3.63, 3.8) is 0 Å². The zero-order chi connectivity index (χ0) is 27.7. The number of ketones is 1. The number of hydrogen-bond acceptors (Lipinski definition) is 6. The average Bonchev–Trinajstić information content (AvgIpc) is 3.21. The van der Waals surface area contributed by atoms with Crippen molar-refractivity contribution in [2.24, 2.45) is 39.7 Å². The fraction of sp³-hybridized carbons (Fsp3) is 0.821. The summed E-state index contributed by atoms with van der Waals surface area (Å²) in [6, 6.07) is 0. The summed E-state index contributed by atoms with van der Waals surface area (Å²) in [7, 11) is 1.57. The molecule has 214 valence electrons. The van der Waals surface area contributed by atoms with Crippen molar-refractivity contribution < 1.29 is 32.3 Å². The first kappa shape index (κ1) is 29.1. The van der Waals surface area contributed by atoms with E-state index in [2.05, 4.69) is 29.1 Å². The molecule has 0 saturated heterocycles. The monoisotopic (exact) mass is 541 g/mol. The van der Waals surface area contributed by atoms with Crippen LogP contribution < -0.4 is 5.32 Å². The summed E-state index contributed by atoms with van der Waals surface area (Å²) >= 11 is 0. The van der Waals surface area contributed by atoms with Gasteiger partial charge in [0.2, 0.25) is 0 Å². The molecule has 1 N–H and O–H groups in total. The Balaban J connectivity index is 1.29. The van der Waals surface area contributed by atoms with Gasteiger partial charge in [-0.3, -0.25) is 14.4 Å². The lowest BCUT2D eigenvalue weighted by atomic mass is 9.46. The number of oxime groups is 1. The lowest BCUT2D eigenvalue weighted by Gasteiger charge is -2.58. The van der Waals surface area contributed by atoms with Crippen LogP contribution in [0.2, 0.25) is 0 Å². The van der Waals surface area contributed by atoms with Gasteiger partial charge in [-0.1, -0.05) is 24.6 Å². The van der Waals surface area contributed by atoms with Gasteiger partial charge >= 0.3 is 12.5 Å². The van der Waals surface area contributed by atoms with Gasteiger partial charge in [0, 0.05) is 39.0 Å². The summed E-state index contributed by atoms with van der Waals surface area (Å²) in [5.74, 6) is 2.45. The van der Waals surface area contributed by atoms with Gasteiger partial charge < -0.3 is 10.2 Å².